The average Bonchev–Trinajstić information content (AvgIpc) is 2.68. The second-order valence-corrected chi connectivity index (χ2v) is 5.37. The zero-order valence-corrected chi connectivity index (χ0v) is 14.7. The van der Waals surface area contributed by atoms with E-state index in [0.717, 1.165) is 10.5 Å². The number of imide groups is 1. The van der Waals surface area contributed by atoms with Crippen molar-refractivity contribution in [1.82, 2.24) is 4.90 Å². The number of benzene rings is 2. The van der Waals surface area contributed by atoms with Gasteiger partial charge < -0.3 is 4.74 Å². The highest BCUT2D eigenvalue weighted by molar-refractivity contribution is 6.04. The number of hydrogen-bond donors (Lipinski definition) is 0. The first kappa shape index (κ1) is 18.9. The fourth-order valence-corrected chi connectivity index (χ4v) is 2.30. The van der Waals surface area contributed by atoms with Crippen LogP contribution in [0.15, 0.2) is 97.2 Å². The van der Waals surface area contributed by atoms with Crippen molar-refractivity contribution in [3.63, 3.8) is 0 Å². The second-order valence-electron chi connectivity index (χ2n) is 5.37. The summed E-state index contributed by atoms with van der Waals surface area (Å²) in [7, 11) is 0. The molecule has 0 aliphatic heterocycles. The predicted molar refractivity (Wildman–Crippen MR) is 102 cm³/mol. The van der Waals surface area contributed by atoms with Gasteiger partial charge in [-0.2, -0.15) is 0 Å². The van der Waals surface area contributed by atoms with Crippen molar-refractivity contribution in [3.8, 4) is 0 Å². The molecular formula is C22H21NO3. The summed E-state index contributed by atoms with van der Waals surface area (Å²) in [5.74, 6) is -0.463. The molecule has 0 spiro atoms. The summed E-state index contributed by atoms with van der Waals surface area (Å²) in [5.41, 5.74) is 1.62. The normalized spacial score (nSPS) is 11.2. The molecule has 0 heterocycles. The Morgan fingerprint density at radius 1 is 1.04 bits per heavy atom. The van der Waals surface area contributed by atoms with Crippen LogP contribution >= 0.6 is 0 Å². The number of carbonyl (C=O) groups excluding carboxylic acids is 2. The molecule has 0 N–H and O–H groups in total. The molecule has 0 aliphatic rings. The Morgan fingerprint density at radius 3 is 2.23 bits per heavy atom. The fraction of sp³-hybridized carbons (Fsp3) is 0.0909. The van der Waals surface area contributed by atoms with Gasteiger partial charge in [0.2, 0.25) is 0 Å². The number of rotatable bonds is 6. The number of nitrogens with zero attached hydrogens (tertiary/aromatic N) is 1. The summed E-state index contributed by atoms with van der Waals surface area (Å²) in [5, 5.41) is 0. The lowest BCUT2D eigenvalue weighted by molar-refractivity contribution is 0.0713. The number of allylic oxidation sites excluding steroid dienone is 4. The molecule has 2 aromatic rings. The highest BCUT2D eigenvalue weighted by atomic mass is 16.6. The van der Waals surface area contributed by atoms with E-state index in [1.165, 1.54) is 6.08 Å². The summed E-state index contributed by atoms with van der Waals surface area (Å²) in [6.45, 7) is 5.53. The molecule has 0 saturated heterocycles. The van der Waals surface area contributed by atoms with Gasteiger partial charge in [-0.1, -0.05) is 67.3 Å². The first-order valence-corrected chi connectivity index (χ1v) is 8.23. The zero-order chi connectivity index (χ0) is 18.8. The van der Waals surface area contributed by atoms with Crippen molar-refractivity contribution in [3.05, 3.63) is 108 Å². The van der Waals surface area contributed by atoms with Crippen LogP contribution in [0.4, 0.5) is 4.79 Å². The lowest BCUT2D eigenvalue weighted by Crippen LogP contribution is -2.36. The average molecular weight is 347 g/mol. The molecule has 0 radical (unpaired) electrons. The van der Waals surface area contributed by atoms with Crippen LogP contribution < -0.4 is 0 Å². The molecule has 2 rings (SSSR count). The quantitative estimate of drug-likeness (QED) is 0.682. The molecule has 0 saturated carbocycles. The minimum atomic E-state index is -0.742. The van der Waals surface area contributed by atoms with Crippen molar-refractivity contribution < 1.29 is 14.3 Å². The lowest BCUT2D eigenvalue weighted by atomic mass is 10.2. The number of ether oxygens (including phenoxy) is 1. The standard InChI is InChI=1S/C22H21NO3/c1-3-11-20(12-4-2)23(21(24)19-15-9-6-10-16-19)22(25)26-17-18-13-7-5-8-14-18/h3-16H,1,17H2,2H3/b12-4-,20-11+. The number of amides is 2. The maximum Gasteiger partial charge on any atom is 0.421 e. The van der Waals surface area contributed by atoms with E-state index in [2.05, 4.69) is 6.58 Å². The molecule has 0 fully saturated rings. The zero-order valence-electron chi connectivity index (χ0n) is 14.7. The van der Waals surface area contributed by atoms with Crippen LogP contribution in [0.1, 0.15) is 22.8 Å². The first-order chi connectivity index (χ1) is 12.7. The summed E-state index contributed by atoms with van der Waals surface area (Å²) >= 11 is 0. The minimum Gasteiger partial charge on any atom is -0.444 e. The molecule has 0 atom stereocenters. The molecular weight excluding hydrogens is 326 g/mol. The highest BCUT2D eigenvalue weighted by Gasteiger charge is 2.26. The first-order valence-electron chi connectivity index (χ1n) is 8.23. The Balaban J connectivity index is 2.29. The van der Waals surface area contributed by atoms with Crippen LogP contribution in [0.5, 0.6) is 0 Å². The minimum absolute atomic E-state index is 0.0788. The number of hydrogen-bond acceptors (Lipinski definition) is 3. The van der Waals surface area contributed by atoms with Crippen molar-refractivity contribution in [2.45, 2.75) is 13.5 Å². The molecule has 0 aromatic heterocycles. The molecule has 0 unspecified atom stereocenters. The molecule has 0 bridgehead atoms. The van der Waals surface area contributed by atoms with Gasteiger partial charge in [0.1, 0.15) is 6.61 Å². The van der Waals surface area contributed by atoms with Crippen LogP contribution in [0.2, 0.25) is 0 Å². The third kappa shape index (κ3) is 5.05. The van der Waals surface area contributed by atoms with Crippen molar-refractivity contribution in [1.29, 1.82) is 0 Å². The molecule has 132 valence electrons. The second kappa shape index (κ2) is 9.79. The van der Waals surface area contributed by atoms with Gasteiger partial charge in [0, 0.05) is 5.56 Å². The van der Waals surface area contributed by atoms with Crippen LogP contribution in [0, 0.1) is 0 Å². The highest BCUT2D eigenvalue weighted by Crippen LogP contribution is 2.16. The Labute approximate surface area is 153 Å². The van der Waals surface area contributed by atoms with E-state index in [1.807, 2.05) is 30.3 Å². The van der Waals surface area contributed by atoms with Gasteiger partial charge in [0.05, 0.1) is 5.70 Å². The Kier molecular flexibility index (Phi) is 7.13. The van der Waals surface area contributed by atoms with Crippen molar-refractivity contribution >= 4 is 12.0 Å². The monoisotopic (exact) mass is 347 g/mol. The molecule has 0 aliphatic carbocycles. The van der Waals surface area contributed by atoms with Gasteiger partial charge in [0.25, 0.3) is 5.91 Å². The SMILES string of the molecule is C=C/C=C(\C=C/C)N(C(=O)OCc1ccccc1)C(=O)c1ccccc1. The number of carbonyl (C=O) groups is 2. The Bertz CT molecular complexity index is 808. The topological polar surface area (TPSA) is 46.6 Å². The van der Waals surface area contributed by atoms with Crippen LogP contribution in [-0.2, 0) is 11.3 Å². The Morgan fingerprint density at radius 2 is 1.65 bits per heavy atom. The molecule has 26 heavy (non-hydrogen) atoms. The van der Waals surface area contributed by atoms with E-state index < -0.39 is 12.0 Å². The van der Waals surface area contributed by atoms with Crippen LogP contribution in [0.3, 0.4) is 0 Å². The van der Waals surface area contributed by atoms with Crippen LogP contribution in [0.25, 0.3) is 0 Å². The summed E-state index contributed by atoms with van der Waals surface area (Å²) in [6, 6.07) is 17.9. The van der Waals surface area contributed by atoms with Gasteiger partial charge in [0.15, 0.2) is 0 Å². The Hall–Kier alpha value is -3.40. The van der Waals surface area contributed by atoms with Crippen molar-refractivity contribution in [2.24, 2.45) is 0 Å². The van der Waals surface area contributed by atoms with Gasteiger partial charge in [-0.25, -0.2) is 9.69 Å². The van der Waals surface area contributed by atoms with Crippen LogP contribution in [-0.4, -0.2) is 16.9 Å². The van der Waals surface area contributed by atoms with Gasteiger partial charge in [-0.05, 0) is 36.8 Å². The van der Waals surface area contributed by atoms with Crippen molar-refractivity contribution in [2.75, 3.05) is 0 Å². The van der Waals surface area contributed by atoms with E-state index in [9.17, 15) is 9.59 Å². The largest absolute Gasteiger partial charge is 0.444 e. The van der Waals surface area contributed by atoms with Gasteiger partial charge in [-0.15, -0.1) is 0 Å². The van der Waals surface area contributed by atoms with E-state index in [0.29, 0.717) is 11.3 Å². The molecule has 2 aromatic carbocycles. The molecule has 4 nitrogen and oxygen atoms in total. The van der Waals surface area contributed by atoms with E-state index in [4.69, 9.17) is 4.74 Å². The van der Waals surface area contributed by atoms with E-state index in [-0.39, 0.29) is 6.61 Å². The molecule has 4 heteroatoms. The third-order valence-electron chi connectivity index (χ3n) is 3.50. The summed E-state index contributed by atoms with van der Waals surface area (Å²) < 4.78 is 5.36. The van der Waals surface area contributed by atoms with Gasteiger partial charge >= 0.3 is 6.09 Å². The summed E-state index contributed by atoms with van der Waals surface area (Å²) in [4.78, 5) is 26.6. The maximum atomic E-state index is 12.9. The van der Waals surface area contributed by atoms with E-state index in [1.54, 1.807) is 55.5 Å². The smallest absolute Gasteiger partial charge is 0.421 e. The predicted octanol–water partition coefficient (Wildman–Crippen LogP) is 5.11. The van der Waals surface area contributed by atoms with E-state index >= 15 is 0 Å². The van der Waals surface area contributed by atoms with Gasteiger partial charge in [-0.3, -0.25) is 4.79 Å². The lowest BCUT2D eigenvalue weighted by Gasteiger charge is -2.21. The fourth-order valence-electron chi connectivity index (χ4n) is 2.30. The third-order valence-corrected chi connectivity index (χ3v) is 3.50. The molecule has 2 amide bonds. The summed E-state index contributed by atoms with van der Waals surface area (Å²) in [6.07, 6.45) is 5.77. The maximum absolute atomic E-state index is 12.9.